The predicted molar refractivity (Wildman–Crippen MR) is 96.4 cm³/mol. The average Bonchev–Trinajstić information content (AvgIpc) is 3.32. The Kier molecular flexibility index (Phi) is 4.24. The number of carbonyl (C=O) groups excluding carboxylic acids is 1. The molecular formula is C18H21F3N6O. The average molecular weight is 394 g/mol. The molecule has 0 bridgehead atoms. The molecule has 1 atom stereocenters. The molecule has 0 unspecified atom stereocenters. The molecule has 2 amide bonds. The van der Waals surface area contributed by atoms with Crippen LogP contribution in [0.25, 0.3) is 11.3 Å². The van der Waals surface area contributed by atoms with Gasteiger partial charge in [0.2, 0.25) is 0 Å². The normalized spacial score (nSPS) is 21.4. The third-order valence-corrected chi connectivity index (χ3v) is 5.61. The number of anilines is 1. The van der Waals surface area contributed by atoms with E-state index in [0.29, 0.717) is 31.9 Å². The summed E-state index contributed by atoms with van der Waals surface area (Å²) in [5, 5.41) is 7.30. The fraction of sp³-hybridized carbons (Fsp3) is 0.500. The molecule has 0 saturated carbocycles. The quantitative estimate of drug-likeness (QED) is 0.820. The fourth-order valence-corrected chi connectivity index (χ4v) is 4.17. The van der Waals surface area contributed by atoms with E-state index in [-0.39, 0.29) is 17.0 Å². The van der Waals surface area contributed by atoms with E-state index in [1.54, 1.807) is 4.90 Å². The van der Waals surface area contributed by atoms with Crippen molar-refractivity contribution in [1.82, 2.24) is 25.0 Å². The molecule has 2 aliphatic rings. The van der Waals surface area contributed by atoms with Crippen LogP contribution >= 0.6 is 0 Å². The van der Waals surface area contributed by atoms with E-state index in [1.807, 2.05) is 17.7 Å². The van der Waals surface area contributed by atoms with Gasteiger partial charge in [-0.05, 0) is 31.9 Å². The Balaban J connectivity index is 1.64. The highest BCUT2D eigenvalue weighted by atomic mass is 19.4. The molecule has 1 saturated heterocycles. The molecule has 2 aromatic heterocycles. The molecule has 0 radical (unpaired) electrons. The van der Waals surface area contributed by atoms with E-state index in [1.165, 1.54) is 6.20 Å². The summed E-state index contributed by atoms with van der Waals surface area (Å²) in [6.07, 6.45) is -1.59. The third kappa shape index (κ3) is 2.96. The van der Waals surface area contributed by atoms with Gasteiger partial charge in [0.15, 0.2) is 0 Å². The van der Waals surface area contributed by atoms with Crippen molar-refractivity contribution in [2.75, 3.05) is 25.4 Å². The van der Waals surface area contributed by atoms with Crippen molar-refractivity contribution in [2.45, 2.75) is 37.9 Å². The second-order valence-electron chi connectivity index (χ2n) is 7.33. The van der Waals surface area contributed by atoms with Gasteiger partial charge in [-0.15, -0.1) is 0 Å². The summed E-state index contributed by atoms with van der Waals surface area (Å²) in [5.41, 5.74) is 5.89. The lowest BCUT2D eigenvalue weighted by molar-refractivity contribution is -0.137. The van der Waals surface area contributed by atoms with Crippen LogP contribution in [0.1, 0.15) is 31.0 Å². The van der Waals surface area contributed by atoms with E-state index < -0.39 is 17.6 Å². The van der Waals surface area contributed by atoms with Gasteiger partial charge in [0, 0.05) is 49.0 Å². The smallest absolute Gasteiger partial charge is 0.383 e. The maximum atomic E-state index is 13.1. The molecule has 1 spiro atoms. The van der Waals surface area contributed by atoms with Crippen LogP contribution in [-0.4, -0.2) is 45.3 Å². The molecule has 28 heavy (non-hydrogen) atoms. The van der Waals surface area contributed by atoms with Crippen LogP contribution in [0.4, 0.5) is 23.8 Å². The molecule has 0 aromatic carbocycles. The SMILES string of the molecule is CCNC(=O)N1CC[C@]2(CCn3nc(-c4cnc(N)c(C(F)(F)F)c4)cc32)C1. The molecule has 4 heterocycles. The van der Waals surface area contributed by atoms with Crippen LogP contribution in [-0.2, 0) is 18.1 Å². The molecule has 2 aromatic rings. The van der Waals surface area contributed by atoms with Crippen LogP contribution < -0.4 is 11.1 Å². The lowest BCUT2D eigenvalue weighted by atomic mass is 9.82. The van der Waals surface area contributed by atoms with Crippen LogP contribution in [0, 0.1) is 0 Å². The topological polar surface area (TPSA) is 89.1 Å². The van der Waals surface area contributed by atoms with E-state index in [4.69, 9.17) is 5.73 Å². The highest BCUT2D eigenvalue weighted by Gasteiger charge is 2.47. The zero-order valence-corrected chi connectivity index (χ0v) is 15.4. The van der Waals surface area contributed by atoms with Crippen molar-refractivity contribution in [3.8, 4) is 11.3 Å². The van der Waals surface area contributed by atoms with Gasteiger partial charge in [0.05, 0.1) is 11.3 Å². The molecule has 4 rings (SSSR count). The standard InChI is InChI=1S/C18H21F3N6O/c1-2-23-16(28)26-5-3-17(10-26)4-6-27-14(17)8-13(25-27)11-7-12(18(19,20)21)15(22)24-9-11/h7-9H,2-6,10H2,1H3,(H2,22,24)(H,23,28)/t17-/m0/s1. The monoisotopic (exact) mass is 394 g/mol. The number of urea groups is 1. The first kappa shape index (κ1) is 18.6. The predicted octanol–water partition coefficient (Wildman–Crippen LogP) is 2.62. The van der Waals surface area contributed by atoms with Crippen molar-refractivity contribution >= 4 is 11.8 Å². The number of amides is 2. The Morgan fingerprint density at radius 1 is 1.32 bits per heavy atom. The zero-order chi connectivity index (χ0) is 20.1. The first-order valence-corrected chi connectivity index (χ1v) is 9.18. The number of hydrogen-bond acceptors (Lipinski definition) is 4. The lowest BCUT2D eigenvalue weighted by Crippen LogP contribution is -2.40. The van der Waals surface area contributed by atoms with Crippen molar-refractivity contribution in [3.63, 3.8) is 0 Å². The molecule has 2 aliphatic heterocycles. The minimum Gasteiger partial charge on any atom is -0.383 e. The van der Waals surface area contributed by atoms with Gasteiger partial charge in [-0.1, -0.05) is 0 Å². The number of aromatic nitrogens is 3. The molecule has 7 nitrogen and oxygen atoms in total. The number of aryl methyl sites for hydroxylation is 1. The second-order valence-corrected chi connectivity index (χ2v) is 7.33. The van der Waals surface area contributed by atoms with Gasteiger partial charge in [0.25, 0.3) is 0 Å². The van der Waals surface area contributed by atoms with E-state index in [9.17, 15) is 18.0 Å². The second kappa shape index (κ2) is 6.39. The number of nitrogens with two attached hydrogens (primary N) is 1. The van der Waals surface area contributed by atoms with Gasteiger partial charge >= 0.3 is 12.2 Å². The van der Waals surface area contributed by atoms with Crippen molar-refractivity contribution in [1.29, 1.82) is 0 Å². The van der Waals surface area contributed by atoms with Crippen molar-refractivity contribution < 1.29 is 18.0 Å². The van der Waals surface area contributed by atoms with Crippen molar-refractivity contribution in [2.24, 2.45) is 0 Å². The molecule has 0 aliphatic carbocycles. The maximum Gasteiger partial charge on any atom is 0.419 e. The summed E-state index contributed by atoms with van der Waals surface area (Å²) in [4.78, 5) is 17.6. The summed E-state index contributed by atoms with van der Waals surface area (Å²) in [5.74, 6) is -0.548. The molecule has 10 heteroatoms. The van der Waals surface area contributed by atoms with Crippen LogP contribution in [0.3, 0.4) is 0 Å². The Morgan fingerprint density at radius 2 is 2.07 bits per heavy atom. The minimum absolute atomic E-state index is 0.0879. The zero-order valence-electron chi connectivity index (χ0n) is 15.4. The minimum atomic E-state index is -4.57. The van der Waals surface area contributed by atoms with E-state index >= 15 is 0 Å². The number of nitrogens with one attached hydrogen (secondary N) is 1. The van der Waals surface area contributed by atoms with E-state index in [0.717, 1.165) is 24.6 Å². The number of likely N-dealkylation sites (tertiary alicyclic amines) is 1. The van der Waals surface area contributed by atoms with E-state index in [2.05, 4.69) is 15.4 Å². The number of hydrogen-bond donors (Lipinski definition) is 2. The number of halogens is 3. The number of carbonyl (C=O) groups is 1. The number of nitrogens with zero attached hydrogens (tertiary/aromatic N) is 4. The number of fused-ring (bicyclic) bond motifs is 2. The summed E-state index contributed by atoms with van der Waals surface area (Å²) in [6, 6.07) is 2.72. The first-order valence-electron chi connectivity index (χ1n) is 9.18. The van der Waals surface area contributed by atoms with Gasteiger partial charge in [0.1, 0.15) is 5.82 Å². The van der Waals surface area contributed by atoms with Crippen molar-refractivity contribution in [3.05, 3.63) is 29.6 Å². The number of rotatable bonds is 2. The Bertz CT molecular complexity index is 925. The van der Waals surface area contributed by atoms with Crippen LogP contribution in [0.5, 0.6) is 0 Å². The third-order valence-electron chi connectivity index (χ3n) is 5.61. The van der Waals surface area contributed by atoms with Gasteiger partial charge in [-0.3, -0.25) is 4.68 Å². The number of pyridine rings is 1. The van der Waals surface area contributed by atoms with Crippen LogP contribution in [0.2, 0.25) is 0 Å². The first-order chi connectivity index (χ1) is 13.2. The molecular weight excluding hydrogens is 373 g/mol. The van der Waals surface area contributed by atoms with Gasteiger partial charge < -0.3 is 16.0 Å². The highest BCUT2D eigenvalue weighted by Crippen LogP contribution is 2.44. The van der Waals surface area contributed by atoms with Gasteiger partial charge in [-0.2, -0.15) is 18.3 Å². The maximum absolute atomic E-state index is 13.1. The largest absolute Gasteiger partial charge is 0.419 e. The van der Waals surface area contributed by atoms with Gasteiger partial charge in [-0.25, -0.2) is 9.78 Å². The lowest BCUT2D eigenvalue weighted by Gasteiger charge is -2.23. The molecule has 3 N–H and O–H groups in total. The Morgan fingerprint density at radius 3 is 2.79 bits per heavy atom. The number of nitrogen functional groups attached to an aromatic ring is 1. The highest BCUT2D eigenvalue weighted by molar-refractivity contribution is 5.74. The van der Waals surface area contributed by atoms with Crippen LogP contribution in [0.15, 0.2) is 18.3 Å². The summed E-state index contributed by atoms with van der Waals surface area (Å²) in [6.45, 7) is 4.34. The summed E-state index contributed by atoms with van der Waals surface area (Å²) >= 11 is 0. The Hall–Kier alpha value is -2.78. The Labute approximate surface area is 159 Å². The fourth-order valence-electron chi connectivity index (χ4n) is 4.17. The molecule has 1 fully saturated rings. The summed E-state index contributed by atoms with van der Waals surface area (Å²) in [7, 11) is 0. The summed E-state index contributed by atoms with van der Waals surface area (Å²) < 4.78 is 41.3. The molecule has 150 valence electrons. The number of alkyl halides is 3.